The van der Waals surface area contributed by atoms with Gasteiger partial charge >= 0.3 is 0 Å². The molecule has 1 saturated carbocycles. The van der Waals surface area contributed by atoms with Gasteiger partial charge in [-0.3, -0.25) is 14.7 Å². The van der Waals surface area contributed by atoms with Gasteiger partial charge in [0, 0.05) is 51.7 Å². The van der Waals surface area contributed by atoms with E-state index in [-0.39, 0.29) is 29.9 Å². The molecule has 0 radical (unpaired) electrons. The summed E-state index contributed by atoms with van der Waals surface area (Å²) in [6.07, 6.45) is 7.94. The summed E-state index contributed by atoms with van der Waals surface area (Å²) in [5.74, 6) is 1.53. The number of nitrogens with one attached hydrogen (secondary N) is 2. The number of carbonyl (C=O) groups excluding carboxylic acids is 1. The molecule has 3 aliphatic rings. The van der Waals surface area contributed by atoms with Gasteiger partial charge in [-0.15, -0.1) is 24.0 Å². The number of hydrogen-bond donors (Lipinski definition) is 2. The molecule has 1 unspecified atom stereocenters. The molecule has 28 heavy (non-hydrogen) atoms. The maximum absolute atomic E-state index is 12.6. The predicted molar refractivity (Wildman–Crippen MR) is 123 cm³/mol. The molecule has 0 aromatic heterocycles. The van der Waals surface area contributed by atoms with Crippen molar-refractivity contribution in [2.24, 2.45) is 10.9 Å². The molecule has 1 amide bonds. The van der Waals surface area contributed by atoms with Gasteiger partial charge < -0.3 is 20.3 Å². The molecule has 1 aliphatic carbocycles. The fourth-order valence-electron chi connectivity index (χ4n) is 4.39. The Hall–Kier alpha value is -0.610. The number of amides is 1. The monoisotopic (exact) mass is 507 g/mol. The van der Waals surface area contributed by atoms with Crippen molar-refractivity contribution in [2.45, 2.75) is 51.0 Å². The SMILES string of the molecule is CN=C(NCCCCN1CCOCC1)NC1CCN(C(=O)C2CCCC2)C1.I. The number of morpholine rings is 1. The van der Waals surface area contributed by atoms with E-state index in [2.05, 4.69) is 25.4 Å². The lowest BCUT2D eigenvalue weighted by Gasteiger charge is -2.26. The Bertz CT molecular complexity index is 493. The number of rotatable bonds is 7. The van der Waals surface area contributed by atoms with Crippen molar-refractivity contribution in [2.75, 3.05) is 59.5 Å². The highest BCUT2D eigenvalue weighted by molar-refractivity contribution is 14.0. The van der Waals surface area contributed by atoms with Crippen LogP contribution in [-0.4, -0.2) is 87.2 Å². The van der Waals surface area contributed by atoms with Crippen molar-refractivity contribution in [3.63, 3.8) is 0 Å². The van der Waals surface area contributed by atoms with Crippen molar-refractivity contribution in [3.8, 4) is 0 Å². The van der Waals surface area contributed by atoms with Crippen LogP contribution in [-0.2, 0) is 9.53 Å². The Morgan fingerprint density at radius 2 is 1.86 bits per heavy atom. The fraction of sp³-hybridized carbons (Fsp3) is 0.900. The van der Waals surface area contributed by atoms with Crippen LogP contribution in [0.1, 0.15) is 44.9 Å². The smallest absolute Gasteiger partial charge is 0.225 e. The molecular formula is C20H38IN5O2. The number of ether oxygens (including phenoxy) is 1. The molecule has 2 aliphatic heterocycles. The first kappa shape index (κ1) is 23.7. The number of aliphatic imine (C=N–C) groups is 1. The molecule has 0 spiro atoms. The minimum Gasteiger partial charge on any atom is -0.379 e. The Kier molecular flexibility index (Phi) is 10.9. The van der Waals surface area contributed by atoms with Gasteiger partial charge in [-0.25, -0.2) is 0 Å². The van der Waals surface area contributed by atoms with Crippen LogP contribution < -0.4 is 10.6 Å². The summed E-state index contributed by atoms with van der Waals surface area (Å²) in [4.78, 5) is 21.4. The van der Waals surface area contributed by atoms with Crippen molar-refractivity contribution < 1.29 is 9.53 Å². The van der Waals surface area contributed by atoms with E-state index < -0.39 is 0 Å². The van der Waals surface area contributed by atoms with Crippen molar-refractivity contribution in [1.29, 1.82) is 0 Å². The van der Waals surface area contributed by atoms with Gasteiger partial charge in [-0.05, 0) is 38.6 Å². The van der Waals surface area contributed by atoms with Gasteiger partial charge in [0.15, 0.2) is 5.96 Å². The third kappa shape index (κ3) is 7.33. The van der Waals surface area contributed by atoms with E-state index in [0.29, 0.717) is 11.9 Å². The zero-order valence-corrected chi connectivity index (χ0v) is 19.7. The molecule has 162 valence electrons. The summed E-state index contributed by atoms with van der Waals surface area (Å²) in [7, 11) is 1.82. The summed E-state index contributed by atoms with van der Waals surface area (Å²) in [5, 5.41) is 6.92. The summed E-state index contributed by atoms with van der Waals surface area (Å²) < 4.78 is 5.39. The van der Waals surface area contributed by atoms with Crippen LogP contribution in [0.25, 0.3) is 0 Å². The maximum Gasteiger partial charge on any atom is 0.225 e. The second-order valence-corrected chi connectivity index (χ2v) is 8.06. The molecule has 0 bridgehead atoms. The highest BCUT2D eigenvalue weighted by atomic mass is 127. The van der Waals surface area contributed by atoms with Crippen LogP contribution in [0.2, 0.25) is 0 Å². The lowest BCUT2D eigenvalue weighted by Crippen LogP contribution is -2.45. The van der Waals surface area contributed by atoms with E-state index in [1.807, 2.05) is 7.05 Å². The zero-order valence-electron chi connectivity index (χ0n) is 17.3. The number of likely N-dealkylation sites (tertiary alicyclic amines) is 1. The van der Waals surface area contributed by atoms with E-state index in [1.165, 1.54) is 19.3 Å². The topological polar surface area (TPSA) is 69.2 Å². The zero-order chi connectivity index (χ0) is 18.9. The van der Waals surface area contributed by atoms with Crippen LogP contribution in [0, 0.1) is 5.92 Å². The molecule has 2 N–H and O–H groups in total. The van der Waals surface area contributed by atoms with E-state index in [0.717, 1.165) is 84.1 Å². The second kappa shape index (κ2) is 12.8. The quantitative estimate of drug-likeness (QED) is 0.238. The number of carbonyl (C=O) groups is 1. The number of hydrogen-bond acceptors (Lipinski definition) is 4. The normalized spacial score (nSPS) is 24.2. The Morgan fingerprint density at radius 1 is 1.11 bits per heavy atom. The number of nitrogens with zero attached hydrogens (tertiary/aromatic N) is 3. The first-order valence-electron chi connectivity index (χ1n) is 10.8. The van der Waals surface area contributed by atoms with Gasteiger partial charge in [-0.1, -0.05) is 12.8 Å². The molecule has 0 aromatic rings. The third-order valence-electron chi connectivity index (χ3n) is 6.07. The van der Waals surface area contributed by atoms with Crippen LogP contribution in [0.4, 0.5) is 0 Å². The van der Waals surface area contributed by atoms with Gasteiger partial charge in [0.1, 0.15) is 0 Å². The lowest BCUT2D eigenvalue weighted by molar-refractivity contribution is -0.134. The van der Waals surface area contributed by atoms with Crippen LogP contribution in [0.3, 0.4) is 0 Å². The highest BCUT2D eigenvalue weighted by Gasteiger charge is 2.32. The Morgan fingerprint density at radius 3 is 2.57 bits per heavy atom. The maximum atomic E-state index is 12.6. The van der Waals surface area contributed by atoms with Gasteiger partial charge in [0.05, 0.1) is 13.2 Å². The second-order valence-electron chi connectivity index (χ2n) is 8.06. The van der Waals surface area contributed by atoms with Crippen molar-refractivity contribution in [1.82, 2.24) is 20.4 Å². The summed E-state index contributed by atoms with van der Waals surface area (Å²) >= 11 is 0. The van der Waals surface area contributed by atoms with Crippen molar-refractivity contribution >= 4 is 35.8 Å². The van der Waals surface area contributed by atoms with Gasteiger partial charge in [0.25, 0.3) is 0 Å². The largest absolute Gasteiger partial charge is 0.379 e. The average Bonchev–Trinajstić information content (AvgIpc) is 3.39. The molecule has 0 aromatic carbocycles. The van der Waals surface area contributed by atoms with Crippen molar-refractivity contribution in [3.05, 3.63) is 0 Å². The van der Waals surface area contributed by atoms with Gasteiger partial charge in [0.2, 0.25) is 5.91 Å². The number of unbranched alkanes of at least 4 members (excludes halogenated alkanes) is 1. The standard InChI is InChI=1S/C20H37N5O2.HI/c1-21-20(22-9-4-5-10-24-12-14-27-15-13-24)23-18-8-11-25(16-18)19(26)17-6-2-3-7-17;/h17-18H,2-16H2,1H3,(H2,21,22,23);1H. The molecule has 7 nitrogen and oxygen atoms in total. The predicted octanol–water partition coefficient (Wildman–Crippen LogP) is 1.67. The lowest BCUT2D eigenvalue weighted by atomic mass is 10.1. The molecular weight excluding hydrogens is 469 g/mol. The van der Waals surface area contributed by atoms with Crippen LogP contribution >= 0.6 is 24.0 Å². The summed E-state index contributed by atoms with van der Waals surface area (Å²) in [6.45, 7) is 7.64. The van der Waals surface area contributed by atoms with E-state index >= 15 is 0 Å². The average molecular weight is 507 g/mol. The summed E-state index contributed by atoms with van der Waals surface area (Å²) in [6, 6.07) is 0.315. The first-order valence-corrected chi connectivity index (χ1v) is 10.8. The van der Waals surface area contributed by atoms with E-state index in [4.69, 9.17) is 4.74 Å². The fourth-order valence-corrected chi connectivity index (χ4v) is 4.39. The molecule has 8 heteroatoms. The van der Waals surface area contributed by atoms with Gasteiger partial charge in [-0.2, -0.15) is 0 Å². The number of halogens is 1. The Balaban J connectivity index is 0.00000280. The summed E-state index contributed by atoms with van der Waals surface area (Å²) in [5.41, 5.74) is 0. The minimum atomic E-state index is 0. The molecule has 3 fully saturated rings. The highest BCUT2D eigenvalue weighted by Crippen LogP contribution is 2.27. The molecule has 2 heterocycles. The molecule has 1 atom stereocenters. The number of guanidine groups is 1. The van der Waals surface area contributed by atoms with E-state index in [1.54, 1.807) is 0 Å². The first-order chi connectivity index (χ1) is 13.3. The third-order valence-corrected chi connectivity index (χ3v) is 6.07. The molecule has 3 rings (SSSR count). The minimum absolute atomic E-state index is 0. The van der Waals surface area contributed by atoms with E-state index in [9.17, 15) is 4.79 Å². The molecule has 2 saturated heterocycles. The van der Waals surface area contributed by atoms with Crippen LogP contribution in [0.5, 0.6) is 0 Å². The Labute approximate surface area is 187 Å². The van der Waals surface area contributed by atoms with Crippen LogP contribution in [0.15, 0.2) is 4.99 Å².